The predicted octanol–water partition coefficient (Wildman–Crippen LogP) is 3.62. The van der Waals surface area contributed by atoms with E-state index in [4.69, 9.17) is 16.3 Å². The summed E-state index contributed by atoms with van der Waals surface area (Å²) in [6, 6.07) is 9.12. The Balaban J connectivity index is 1.42. The molecule has 0 unspecified atom stereocenters. The third-order valence-electron chi connectivity index (χ3n) is 5.07. The van der Waals surface area contributed by atoms with Gasteiger partial charge in [-0.05, 0) is 55.2 Å². The average molecular weight is 405 g/mol. The molecule has 0 spiro atoms. The van der Waals surface area contributed by atoms with Gasteiger partial charge in [0.25, 0.3) is 5.91 Å². The number of thiophene rings is 1. The number of ether oxygens (including phenoxy) is 1. The Bertz CT molecular complexity index is 843. The molecular formula is C20H21ClN2O3S. The van der Waals surface area contributed by atoms with E-state index < -0.39 is 0 Å². The number of rotatable bonds is 3. The molecule has 1 aliphatic carbocycles. The van der Waals surface area contributed by atoms with Crippen molar-refractivity contribution in [2.24, 2.45) is 5.92 Å². The molecule has 1 N–H and O–H groups in total. The fraction of sp³-hybridized carbons (Fsp3) is 0.400. The molecule has 27 heavy (non-hydrogen) atoms. The van der Waals surface area contributed by atoms with Crippen molar-refractivity contribution in [1.82, 2.24) is 4.90 Å². The van der Waals surface area contributed by atoms with Gasteiger partial charge in [-0.15, -0.1) is 11.3 Å². The normalized spacial score (nSPS) is 19.4. The molecule has 2 amide bonds. The fourth-order valence-electron chi connectivity index (χ4n) is 3.55. The highest BCUT2D eigenvalue weighted by molar-refractivity contribution is 7.14. The molecule has 0 radical (unpaired) electrons. The molecular weight excluding hydrogens is 384 g/mol. The van der Waals surface area contributed by atoms with Gasteiger partial charge in [-0.1, -0.05) is 11.6 Å². The number of carbonyl (C=O) groups excluding carboxylic acids is 2. The summed E-state index contributed by atoms with van der Waals surface area (Å²) >= 11 is 7.47. The van der Waals surface area contributed by atoms with Gasteiger partial charge in [0.15, 0.2) is 0 Å². The van der Waals surface area contributed by atoms with E-state index in [-0.39, 0.29) is 17.7 Å². The van der Waals surface area contributed by atoms with E-state index in [9.17, 15) is 9.59 Å². The predicted molar refractivity (Wildman–Crippen MR) is 107 cm³/mol. The fourth-order valence-corrected chi connectivity index (χ4v) is 4.85. The van der Waals surface area contributed by atoms with Crippen molar-refractivity contribution in [1.29, 1.82) is 0 Å². The molecule has 2 aromatic rings. The molecule has 1 saturated heterocycles. The Morgan fingerprint density at radius 2 is 1.93 bits per heavy atom. The third kappa shape index (κ3) is 4.18. The molecule has 142 valence electrons. The Kier molecular flexibility index (Phi) is 5.48. The van der Waals surface area contributed by atoms with Crippen LogP contribution in [-0.2, 0) is 22.4 Å². The van der Waals surface area contributed by atoms with Crippen LogP contribution in [0.25, 0.3) is 0 Å². The topological polar surface area (TPSA) is 58.6 Å². The Morgan fingerprint density at radius 1 is 1.19 bits per heavy atom. The first kappa shape index (κ1) is 18.5. The van der Waals surface area contributed by atoms with Crippen LogP contribution in [0.5, 0.6) is 0 Å². The second-order valence-electron chi connectivity index (χ2n) is 6.90. The highest BCUT2D eigenvalue weighted by Crippen LogP contribution is 2.33. The summed E-state index contributed by atoms with van der Waals surface area (Å²) in [6.45, 7) is 2.49. The zero-order valence-electron chi connectivity index (χ0n) is 14.9. The molecule has 2 heterocycles. The highest BCUT2D eigenvalue weighted by atomic mass is 35.5. The Labute approximate surface area is 167 Å². The molecule has 0 bridgehead atoms. The second-order valence-corrected chi connectivity index (χ2v) is 8.47. The number of morpholine rings is 1. The first-order chi connectivity index (χ1) is 13.1. The number of hydrogen-bond donors (Lipinski definition) is 1. The molecule has 1 fully saturated rings. The average Bonchev–Trinajstić information content (AvgIpc) is 3.13. The van der Waals surface area contributed by atoms with E-state index in [0.717, 1.165) is 29.0 Å². The van der Waals surface area contributed by atoms with Crippen molar-refractivity contribution >= 4 is 40.4 Å². The SMILES string of the molecule is O=C(Nc1ccc(Cl)cc1)[C@@H]1CCc2sc(C(=O)N3CCOCC3)cc2C1. The number of anilines is 1. The van der Waals surface area contributed by atoms with Crippen molar-refractivity contribution in [3.05, 3.63) is 50.7 Å². The highest BCUT2D eigenvalue weighted by Gasteiger charge is 2.29. The van der Waals surface area contributed by atoms with Gasteiger partial charge >= 0.3 is 0 Å². The van der Waals surface area contributed by atoms with Gasteiger partial charge in [0.2, 0.25) is 5.91 Å². The van der Waals surface area contributed by atoms with Crippen molar-refractivity contribution < 1.29 is 14.3 Å². The van der Waals surface area contributed by atoms with Gasteiger partial charge < -0.3 is 15.0 Å². The van der Waals surface area contributed by atoms with Gasteiger partial charge in [-0.2, -0.15) is 0 Å². The lowest BCUT2D eigenvalue weighted by atomic mass is 9.87. The Morgan fingerprint density at radius 3 is 2.67 bits per heavy atom. The Hall–Kier alpha value is -1.89. The molecule has 1 aromatic heterocycles. The summed E-state index contributed by atoms with van der Waals surface area (Å²) in [7, 11) is 0. The minimum Gasteiger partial charge on any atom is -0.378 e. The summed E-state index contributed by atoms with van der Waals surface area (Å²) in [6.07, 6.45) is 2.33. The molecule has 7 heteroatoms. The number of nitrogens with zero attached hydrogens (tertiary/aromatic N) is 1. The zero-order chi connectivity index (χ0) is 18.8. The van der Waals surface area contributed by atoms with E-state index in [1.54, 1.807) is 35.6 Å². The van der Waals surface area contributed by atoms with Crippen LogP contribution in [0.2, 0.25) is 5.02 Å². The maximum Gasteiger partial charge on any atom is 0.264 e. The minimum atomic E-state index is -0.0749. The van der Waals surface area contributed by atoms with Crippen LogP contribution in [0, 0.1) is 5.92 Å². The van der Waals surface area contributed by atoms with Crippen molar-refractivity contribution in [2.75, 3.05) is 31.6 Å². The number of amides is 2. The molecule has 0 saturated carbocycles. The number of aryl methyl sites for hydroxylation is 1. The smallest absolute Gasteiger partial charge is 0.264 e. The first-order valence-corrected chi connectivity index (χ1v) is 10.3. The summed E-state index contributed by atoms with van der Waals surface area (Å²) in [5, 5.41) is 3.61. The lowest BCUT2D eigenvalue weighted by Gasteiger charge is -2.26. The van der Waals surface area contributed by atoms with Crippen LogP contribution in [-0.4, -0.2) is 43.0 Å². The summed E-state index contributed by atoms with van der Waals surface area (Å²) in [4.78, 5) is 29.2. The molecule has 1 atom stereocenters. The first-order valence-electron chi connectivity index (χ1n) is 9.15. The minimum absolute atomic E-state index is 0.0234. The van der Waals surface area contributed by atoms with E-state index in [2.05, 4.69) is 5.32 Å². The van der Waals surface area contributed by atoms with Gasteiger partial charge in [-0.25, -0.2) is 0 Å². The van der Waals surface area contributed by atoms with E-state index in [1.165, 1.54) is 4.88 Å². The number of nitrogens with one attached hydrogen (secondary N) is 1. The van der Waals surface area contributed by atoms with Gasteiger partial charge in [0.1, 0.15) is 0 Å². The summed E-state index contributed by atoms with van der Waals surface area (Å²) in [5.74, 6) is 0.0317. The lowest BCUT2D eigenvalue weighted by Crippen LogP contribution is -2.40. The standard InChI is InChI=1S/C20H21ClN2O3S/c21-15-2-4-16(5-3-15)22-19(24)13-1-6-17-14(11-13)12-18(27-17)20(25)23-7-9-26-10-8-23/h2-5,12-13H,1,6-11H2,(H,22,24)/t13-/m1/s1. The number of halogens is 1. The number of hydrogen-bond acceptors (Lipinski definition) is 4. The molecule has 4 rings (SSSR count). The number of carbonyl (C=O) groups is 2. The van der Waals surface area contributed by atoms with E-state index in [1.807, 2.05) is 11.0 Å². The van der Waals surface area contributed by atoms with Gasteiger partial charge in [-0.3, -0.25) is 9.59 Å². The van der Waals surface area contributed by atoms with Crippen LogP contribution in [0.1, 0.15) is 26.5 Å². The van der Waals surface area contributed by atoms with Crippen molar-refractivity contribution in [3.8, 4) is 0 Å². The number of benzene rings is 1. The van der Waals surface area contributed by atoms with Gasteiger partial charge in [0, 0.05) is 34.6 Å². The zero-order valence-corrected chi connectivity index (χ0v) is 16.4. The van der Waals surface area contributed by atoms with Crippen LogP contribution in [0.15, 0.2) is 30.3 Å². The lowest BCUT2D eigenvalue weighted by molar-refractivity contribution is -0.120. The largest absolute Gasteiger partial charge is 0.378 e. The van der Waals surface area contributed by atoms with Gasteiger partial charge in [0.05, 0.1) is 18.1 Å². The van der Waals surface area contributed by atoms with Crippen molar-refractivity contribution in [2.45, 2.75) is 19.3 Å². The quantitative estimate of drug-likeness (QED) is 0.850. The maximum absolute atomic E-state index is 12.7. The number of fused-ring (bicyclic) bond motifs is 1. The van der Waals surface area contributed by atoms with Crippen molar-refractivity contribution in [3.63, 3.8) is 0 Å². The van der Waals surface area contributed by atoms with Crippen LogP contribution in [0.4, 0.5) is 5.69 Å². The molecule has 5 nitrogen and oxygen atoms in total. The second kappa shape index (κ2) is 8.00. The third-order valence-corrected chi connectivity index (χ3v) is 6.55. The molecule has 1 aliphatic heterocycles. The monoisotopic (exact) mass is 404 g/mol. The van der Waals surface area contributed by atoms with Crippen LogP contribution >= 0.6 is 22.9 Å². The van der Waals surface area contributed by atoms with E-state index >= 15 is 0 Å². The van der Waals surface area contributed by atoms with E-state index in [0.29, 0.717) is 37.7 Å². The summed E-state index contributed by atoms with van der Waals surface area (Å²) in [5.41, 5.74) is 1.89. The van der Waals surface area contributed by atoms with Crippen LogP contribution in [0.3, 0.4) is 0 Å². The maximum atomic E-state index is 12.7. The summed E-state index contributed by atoms with van der Waals surface area (Å²) < 4.78 is 5.32. The molecule has 1 aromatic carbocycles. The van der Waals surface area contributed by atoms with Crippen LogP contribution < -0.4 is 5.32 Å². The molecule has 2 aliphatic rings.